The molecule has 2 fully saturated rings. The van der Waals surface area contributed by atoms with E-state index in [9.17, 15) is 23.1 Å². The van der Waals surface area contributed by atoms with Gasteiger partial charge in [0.1, 0.15) is 18.2 Å². The lowest BCUT2D eigenvalue weighted by atomic mass is 10.0. The van der Waals surface area contributed by atoms with Gasteiger partial charge in [0.2, 0.25) is 5.88 Å². The van der Waals surface area contributed by atoms with Gasteiger partial charge in [-0.1, -0.05) is 12.1 Å². The van der Waals surface area contributed by atoms with Crippen LogP contribution < -0.4 is 24.0 Å². The van der Waals surface area contributed by atoms with Crippen molar-refractivity contribution in [2.45, 2.75) is 32.4 Å². The Morgan fingerprint density at radius 1 is 1.06 bits per heavy atom. The second kappa shape index (κ2) is 14.4. The number of rotatable bonds is 8. The minimum absolute atomic E-state index is 0.00533. The summed E-state index contributed by atoms with van der Waals surface area (Å²) in [6.45, 7) is 4.12. The number of hydrogen-bond acceptors (Lipinski definition) is 10. The van der Waals surface area contributed by atoms with Gasteiger partial charge in [0.05, 0.1) is 24.1 Å². The van der Waals surface area contributed by atoms with E-state index in [1.165, 1.54) is 16.4 Å². The number of amides is 3. The molecule has 13 nitrogen and oxygen atoms in total. The zero-order chi connectivity index (χ0) is 33.7. The van der Waals surface area contributed by atoms with Crippen LogP contribution in [0.5, 0.6) is 11.6 Å². The number of carbonyl (C=O) groups excluding carboxylic acids is 2. The highest BCUT2D eigenvalue weighted by Gasteiger charge is 2.31. The lowest BCUT2D eigenvalue weighted by Crippen LogP contribution is -2.49. The Labute approximate surface area is 278 Å². The van der Waals surface area contributed by atoms with Gasteiger partial charge in [0.25, 0.3) is 0 Å². The van der Waals surface area contributed by atoms with Crippen molar-refractivity contribution in [2.75, 3.05) is 40.8 Å². The number of benzene rings is 2. The summed E-state index contributed by atoms with van der Waals surface area (Å²) in [5.41, 5.74) is 3.39. The molecule has 0 radical (unpaired) electrons. The molecular formula is C33H36FN7O6S. The van der Waals surface area contributed by atoms with Crippen LogP contribution in [0.3, 0.4) is 0 Å². The van der Waals surface area contributed by atoms with Crippen LogP contribution in [0.15, 0.2) is 85.2 Å². The zero-order valence-corrected chi connectivity index (χ0v) is 27.0. The van der Waals surface area contributed by atoms with Crippen molar-refractivity contribution in [3.05, 3.63) is 102 Å². The summed E-state index contributed by atoms with van der Waals surface area (Å²) in [7, 11) is -3.57. The lowest BCUT2D eigenvalue weighted by molar-refractivity contribution is 0.158. The monoisotopic (exact) mass is 677 g/mol. The molecule has 0 atom stereocenters. The number of anilines is 3. The van der Waals surface area contributed by atoms with Crippen LogP contribution in [0.2, 0.25) is 0 Å². The molecule has 48 heavy (non-hydrogen) atoms. The molecule has 2 aromatic heterocycles. The van der Waals surface area contributed by atoms with E-state index in [0.717, 1.165) is 24.3 Å². The Morgan fingerprint density at radius 3 is 2.54 bits per heavy atom. The number of pyridine rings is 2. The number of hydrogen-bond donors (Lipinski definition) is 4. The first-order valence-corrected chi connectivity index (χ1v) is 16.9. The first-order valence-electron chi connectivity index (χ1n) is 15.4. The third-order valence-corrected chi connectivity index (χ3v) is 9.44. The summed E-state index contributed by atoms with van der Waals surface area (Å²) >= 11 is 0. The van der Waals surface area contributed by atoms with Crippen LogP contribution >= 0.6 is 11.0 Å². The first kappa shape index (κ1) is 33.0. The van der Waals surface area contributed by atoms with E-state index < -0.39 is 22.9 Å². The van der Waals surface area contributed by atoms with E-state index in [4.69, 9.17) is 9.47 Å². The van der Waals surface area contributed by atoms with Crippen molar-refractivity contribution < 1.29 is 32.6 Å². The molecular weight excluding hydrogens is 641 g/mol. The number of nitrogens with one attached hydrogen (secondary N) is 2. The molecule has 2 saturated heterocycles. The summed E-state index contributed by atoms with van der Waals surface area (Å²) in [5, 5.41) is 2.91. The molecule has 4 heterocycles. The molecule has 2 aliphatic heterocycles. The Morgan fingerprint density at radius 2 is 1.85 bits per heavy atom. The zero-order valence-electron chi connectivity index (χ0n) is 26.2. The molecule has 15 heteroatoms. The van der Waals surface area contributed by atoms with E-state index in [-0.39, 0.29) is 25.2 Å². The number of piperidine rings is 1. The van der Waals surface area contributed by atoms with Gasteiger partial charge in [-0.05, 0) is 90.9 Å². The van der Waals surface area contributed by atoms with Gasteiger partial charge >= 0.3 is 12.1 Å². The second-order valence-corrected chi connectivity index (χ2v) is 13.1. The maximum atomic E-state index is 14.2. The van der Waals surface area contributed by atoms with E-state index in [1.54, 1.807) is 65.8 Å². The summed E-state index contributed by atoms with van der Waals surface area (Å²) < 4.78 is 49.0. The lowest BCUT2D eigenvalue weighted by Gasteiger charge is -2.40. The summed E-state index contributed by atoms with van der Waals surface area (Å²) in [4.78, 5) is 37.6. The fourth-order valence-corrected chi connectivity index (χ4v) is 6.76. The molecule has 6 rings (SSSR count). The van der Waals surface area contributed by atoms with Crippen LogP contribution in [0.4, 0.5) is 31.0 Å². The van der Waals surface area contributed by atoms with E-state index in [1.807, 2.05) is 19.1 Å². The van der Waals surface area contributed by atoms with Gasteiger partial charge in [-0.15, -0.1) is 0 Å². The smallest absolute Gasteiger partial charge is 0.427 e. The Hall–Kier alpha value is -4.96. The molecule has 0 aliphatic carbocycles. The molecule has 0 bridgehead atoms. The van der Waals surface area contributed by atoms with Crippen molar-refractivity contribution in [3.63, 3.8) is 0 Å². The fourth-order valence-electron chi connectivity index (χ4n) is 5.63. The van der Waals surface area contributed by atoms with Gasteiger partial charge in [-0.25, -0.2) is 23.7 Å². The number of likely N-dealkylation sites (tertiary alicyclic amines) is 1. The number of ether oxygens (including phenoxy) is 2. The molecule has 0 unspecified atom stereocenters. The highest BCUT2D eigenvalue weighted by molar-refractivity contribution is 8.24. The van der Waals surface area contributed by atoms with E-state index in [2.05, 4.69) is 24.9 Å². The van der Waals surface area contributed by atoms with Gasteiger partial charge in [-0.3, -0.25) is 28.2 Å². The number of urea groups is 1. The normalized spacial score (nSPS) is 17.4. The topological polar surface area (TPSA) is 153 Å². The van der Waals surface area contributed by atoms with Crippen LogP contribution in [-0.2, 0) is 11.3 Å². The van der Waals surface area contributed by atoms with Crippen molar-refractivity contribution in [1.82, 2.24) is 19.6 Å². The van der Waals surface area contributed by atoms with Crippen LogP contribution in [0, 0.1) is 12.7 Å². The quantitative estimate of drug-likeness (QED) is 0.162. The molecule has 0 saturated carbocycles. The number of cyclic esters (lactones) is 1. The number of carbonyl (C=O) groups is 2. The SMILES string of the molecule is Cc1ccc(NC(=O)N(c2cccc(F)c2)C2CCN(Cc3ccc(Oc4ccc(N5CCOC(=O)NS5(O)O)cc4)nc3)CC2)cn1. The Balaban J connectivity index is 1.04. The predicted molar refractivity (Wildman–Crippen MR) is 181 cm³/mol. The summed E-state index contributed by atoms with van der Waals surface area (Å²) in [6.07, 6.45) is 3.88. The fraction of sp³-hybridized carbons (Fsp3) is 0.273. The highest BCUT2D eigenvalue weighted by Crippen LogP contribution is 2.43. The maximum absolute atomic E-state index is 14.2. The van der Waals surface area contributed by atoms with Crippen LogP contribution in [0.1, 0.15) is 24.1 Å². The van der Waals surface area contributed by atoms with Crippen molar-refractivity contribution in [3.8, 4) is 11.6 Å². The Kier molecular flexibility index (Phi) is 9.91. The van der Waals surface area contributed by atoms with Crippen molar-refractivity contribution >= 4 is 40.1 Å². The minimum Gasteiger partial charge on any atom is -0.446 e. The van der Waals surface area contributed by atoms with Crippen molar-refractivity contribution in [1.29, 1.82) is 0 Å². The molecule has 4 N–H and O–H groups in total. The number of nitrogens with zero attached hydrogens (tertiary/aromatic N) is 5. The molecule has 3 amide bonds. The summed E-state index contributed by atoms with van der Waals surface area (Å²) in [5.74, 6) is 0.486. The molecule has 0 spiro atoms. The third-order valence-electron chi connectivity index (χ3n) is 8.00. The largest absolute Gasteiger partial charge is 0.446 e. The average Bonchev–Trinajstić information content (AvgIpc) is 3.20. The number of aromatic nitrogens is 2. The maximum Gasteiger partial charge on any atom is 0.427 e. The van der Waals surface area contributed by atoms with Crippen molar-refractivity contribution in [2.24, 2.45) is 0 Å². The van der Waals surface area contributed by atoms with E-state index >= 15 is 0 Å². The number of aryl methyl sites for hydroxylation is 1. The predicted octanol–water partition coefficient (Wildman–Crippen LogP) is 6.55. The standard InChI is InChI=1S/C33H36FN7O6S/c1-23-5-7-26(21-35-23)37-32(42)41(29-4-2-3-25(34)19-29)28-13-15-39(16-14-28)22-24-6-12-31(36-20-24)47-30-10-8-27(9-11-30)40-17-18-46-33(43)38-48(40,44)45/h2-12,19-21,28,44-45H,13-18,22H2,1H3,(H,37,42)(H,38,43). The van der Waals surface area contributed by atoms with Crippen LogP contribution in [-0.4, -0.2) is 68.4 Å². The molecule has 252 valence electrons. The first-order chi connectivity index (χ1) is 23.1. The Bertz CT molecular complexity index is 1720. The minimum atomic E-state index is -3.57. The van der Waals surface area contributed by atoms with E-state index in [0.29, 0.717) is 48.1 Å². The van der Waals surface area contributed by atoms with Gasteiger partial charge < -0.3 is 14.8 Å². The second-order valence-electron chi connectivity index (χ2n) is 11.4. The van der Waals surface area contributed by atoms with Gasteiger partial charge in [0.15, 0.2) is 0 Å². The highest BCUT2D eigenvalue weighted by atomic mass is 32.3. The molecule has 2 aromatic carbocycles. The third kappa shape index (κ3) is 8.12. The molecule has 4 aromatic rings. The average molecular weight is 678 g/mol. The number of halogens is 1. The van der Waals surface area contributed by atoms with Crippen LogP contribution in [0.25, 0.3) is 0 Å². The summed E-state index contributed by atoms with van der Waals surface area (Å²) in [6, 6.07) is 19.6. The van der Waals surface area contributed by atoms with Gasteiger partial charge in [-0.2, -0.15) is 0 Å². The molecule has 2 aliphatic rings. The van der Waals surface area contributed by atoms with Gasteiger partial charge in [0, 0.05) is 49.3 Å².